The summed E-state index contributed by atoms with van der Waals surface area (Å²) in [6.07, 6.45) is 2.55. The number of nitrogens with one attached hydrogen (secondary N) is 1. The van der Waals surface area contributed by atoms with Crippen LogP contribution in [0.1, 0.15) is 37.8 Å². The van der Waals surface area contributed by atoms with Gasteiger partial charge in [-0.2, -0.15) is 0 Å². The molecule has 0 aromatic heterocycles. The number of benzene rings is 1. The summed E-state index contributed by atoms with van der Waals surface area (Å²) in [5.74, 6) is -2.41. The molecule has 0 bridgehead atoms. The van der Waals surface area contributed by atoms with Crippen LogP contribution in [-0.2, 0) is 0 Å². The first-order chi connectivity index (χ1) is 9.63. The maximum absolute atomic E-state index is 14.0. The zero-order valence-electron chi connectivity index (χ0n) is 11.8. The van der Waals surface area contributed by atoms with Crippen LogP contribution in [0.4, 0.5) is 13.2 Å². The van der Waals surface area contributed by atoms with Crippen molar-refractivity contribution in [1.29, 1.82) is 0 Å². The number of unbranched alkanes of at least 4 members (excludes halogenated alkanes) is 1. The summed E-state index contributed by atoms with van der Waals surface area (Å²) < 4.78 is 41.1. The van der Waals surface area contributed by atoms with E-state index in [2.05, 4.69) is 10.2 Å². The van der Waals surface area contributed by atoms with Gasteiger partial charge in [-0.05, 0) is 6.42 Å². The number of hydrogen-bond acceptors (Lipinski definition) is 2. The maximum atomic E-state index is 14.0. The molecule has 2 nitrogen and oxygen atoms in total. The fraction of sp³-hybridized carbons (Fsp3) is 0.600. The van der Waals surface area contributed by atoms with Crippen molar-refractivity contribution in [2.75, 3.05) is 26.2 Å². The van der Waals surface area contributed by atoms with E-state index >= 15 is 0 Å². The Balaban J connectivity index is 2.29. The number of halogens is 3. The lowest BCUT2D eigenvalue weighted by Gasteiger charge is -2.35. The molecule has 0 spiro atoms. The predicted octanol–water partition coefficient (Wildman–Crippen LogP) is 3.24. The molecule has 1 saturated heterocycles. The average molecular weight is 286 g/mol. The molecule has 1 aromatic rings. The number of nitrogens with zero attached hydrogens (tertiary/aromatic N) is 1. The molecule has 1 N–H and O–H groups in total. The Morgan fingerprint density at radius 3 is 2.30 bits per heavy atom. The lowest BCUT2D eigenvalue weighted by molar-refractivity contribution is 0.156. The normalized spacial score (nSPS) is 18.2. The van der Waals surface area contributed by atoms with Crippen molar-refractivity contribution in [3.63, 3.8) is 0 Å². The second-order valence-electron chi connectivity index (χ2n) is 5.23. The monoisotopic (exact) mass is 286 g/mol. The minimum absolute atomic E-state index is 0.0155. The Labute approximate surface area is 118 Å². The summed E-state index contributed by atoms with van der Waals surface area (Å²) in [7, 11) is 0. The highest BCUT2D eigenvalue weighted by atomic mass is 19.1. The topological polar surface area (TPSA) is 15.3 Å². The third kappa shape index (κ3) is 3.52. The fourth-order valence-corrected chi connectivity index (χ4v) is 2.77. The Morgan fingerprint density at radius 2 is 1.75 bits per heavy atom. The molecule has 1 atom stereocenters. The van der Waals surface area contributed by atoms with Crippen molar-refractivity contribution in [3.8, 4) is 0 Å². The van der Waals surface area contributed by atoms with E-state index < -0.39 is 17.5 Å². The molecule has 0 aliphatic carbocycles. The van der Waals surface area contributed by atoms with Crippen LogP contribution in [-0.4, -0.2) is 31.1 Å². The van der Waals surface area contributed by atoms with Crippen molar-refractivity contribution in [3.05, 3.63) is 35.1 Å². The second-order valence-corrected chi connectivity index (χ2v) is 5.23. The van der Waals surface area contributed by atoms with Gasteiger partial charge in [-0.3, -0.25) is 4.90 Å². The molecular formula is C15H21F3N2. The molecule has 1 aromatic carbocycles. The molecule has 0 saturated carbocycles. The minimum Gasteiger partial charge on any atom is -0.314 e. The number of rotatable bonds is 5. The van der Waals surface area contributed by atoms with Gasteiger partial charge in [-0.15, -0.1) is 0 Å². The van der Waals surface area contributed by atoms with Crippen LogP contribution in [0.2, 0.25) is 0 Å². The molecule has 112 valence electrons. The van der Waals surface area contributed by atoms with Gasteiger partial charge in [0.05, 0.1) is 0 Å². The van der Waals surface area contributed by atoms with E-state index in [0.29, 0.717) is 6.42 Å². The Bertz CT molecular complexity index is 422. The van der Waals surface area contributed by atoms with Crippen LogP contribution in [0, 0.1) is 17.5 Å². The summed E-state index contributed by atoms with van der Waals surface area (Å²) in [6, 6.07) is 1.25. The van der Waals surface area contributed by atoms with E-state index in [1.54, 1.807) is 0 Å². The Kier molecular flexibility index (Phi) is 5.43. The molecular weight excluding hydrogens is 265 g/mol. The van der Waals surface area contributed by atoms with E-state index in [0.717, 1.165) is 51.2 Å². The van der Waals surface area contributed by atoms with E-state index in [1.165, 1.54) is 0 Å². The Morgan fingerprint density at radius 1 is 1.15 bits per heavy atom. The van der Waals surface area contributed by atoms with Crippen LogP contribution in [0.15, 0.2) is 12.1 Å². The summed E-state index contributed by atoms with van der Waals surface area (Å²) in [5, 5.41) is 3.23. The van der Waals surface area contributed by atoms with Crippen molar-refractivity contribution >= 4 is 0 Å². The highest BCUT2D eigenvalue weighted by Crippen LogP contribution is 2.31. The molecule has 1 aliphatic heterocycles. The quantitative estimate of drug-likeness (QED) is 0.894. The first kappa shape index (κ1) is 15.3. The van der Waals surface area contributed by atoms with E-state index in [4.69, 9.17) is 0 Å². The summed E-state index contributed by atoms with van der Waals surface area (Å²) >= 11 is 0. The maximum Gasteiger partial charge on any atom is 0.133 e. The minimum atomic E-state index is -0.863. The third-order valence-electron chi connectivity index (χ3n) is 3.80. The summed E-state index contributed by atoms with van der Waals surface area (Å²) in [5.41, 5.74) is 0.0155. The lowest BCUT2D eigenvalue weighted by atomic mass is 9.97. The van der Waals surface area contributed by atoms with Gasteiger partial charge in [0.2, 0.25) is 0 Å². The summed E-state index contributed by atoms with van der Waals surface area (Å²) in [4.78, 5) is 2.09. The number of hydrogen-bond donors (Lipinski definition) is 1. The van der Waals surface area contributed by atoms with Crippen LogP contribution >= 0.6 is 0 Å². The molecule has 1 heterocycles. The largest absolute Gasteiger partial charge is 0.314 e. The van der Waals surface area contributed by atoms with Crippen LogP contribution in [0.25, 0.3) is 0 Å². The standard InChI is InChI=1S/C15H21F3N2/c1-2-3-4-14(20-7-5-19-6-8-20)15-12(17)9-11(16)10-13(15)18/h9-10,14,19H,2-8H2,1H3/t14-/m0/s1. The molecule has 20 heavy (non-hydrogen) atoms. The van der Waals surface area contributed by atoms with Gasteiger partial charge in [-0.25, -0.2) is 13.2 Å². The van der Waals surface area contributed by atoms with Crippen molar-refractivity contribution in [2.45, 2.75) is 32.2 Å². The molecule has 5 heteroatoms. The molecule has 1 fully saturated rings. The average Bonchev–Trinajstić information content (AvgIpc) is 2.42. The van der Waals surface area contributed by atoms with E-state index in [1.807, 2.05) is 6.92 Å². The van der Waals surface area contributed by atoms with Crippen molar-refractivity contribution in [2.24, 2.45) is 0 Å². The number of piperazine rings is 1. The highest BCUT2D eigenvalue weighted by Gasteiger charge is 2.27. The van der Waals surface area contributed by atoms with Crippen molar-refractivity contribution in [1.82, 2.24) is 10.2 Å². The van der Waals surface area contributed by atoms with Crippen LogP contribution in [0.5, 0.6) is 0 Å². The van der Waals surface area contributed by atoms with Crippen molar-refractivity contribution < 1.29 is 13.2 Å². The first-order valence-electron chi connectivity index (χ1n) is 7.22. The zero-order chi connectivity index (χ0) is 14.5. The molecule has 2 rings (SSSR count). The zero-order valence-corrected chi connectivity index (χ0v) is 11.8. The fourth-order valence-electron chi connectivity index (χ4n) is 2.77. The molecule has 0 amide bonds. The first-order valence-corrected chi connectivity index (χ1v) is 7.22. The van der Waals surface area contributed by atoms with Gasteiger partial charge in [0.1, 0.15) is 17.5 Å². The van der Waals surface area contributed by atoms with E-state index in [9.17, 15) is 13.2 Å². The van der Waals surface area contributed by atoms with Gasteiger partial charge in [-0.1, -0.05) is 19.8 Å². The molecule has 0 radical (unpaired) electrons. The van der Waals surface area contributed by atoms with Gasteiger partial charge in [0.15, 0.2) is 0 Å². The molecule has 1 aliphatic rings. The van der Waals surface area contributed by atoms with Crippen LogP contribution in [0.3, 0.4) is 0 Å². The molecule has 0 unspecified atom stereocenters. The SMILES string of the molecule is CCCC[C@@H](c1c(F)cc(F)cc1F)N1CCNCC1. The van der Waals surface area contributed by atoms with Gasteiger partial charge >= 0.3 is 0 Å². The lowest BCUT2D eigenvalue weighted by Crippen LogP contribution is -2.45. The summed E-state index contributed by atoms with van der Waals surface area (Å²) in [6.45, 7) is 5.18. The third-order valence-corrected chi connectivity index (χ3v) is 3.80. The highest BCUT2D eigenvalue weighted by molar-refractivity contribution is 5.24. The smallest absolute Gasteiger partial charge is 0.133 e. The second kappa shape index (κ2) is 7.09. The van der Waals surface area contributed by atoms with Gasteiger partial charge in [0, 0.05) is 49.9 Å². The van der Waals surface area contributed by atoms with E-state index in [-0.39, 0.29) is 11.6 Å². The van der Waals surface area contributed by atoms with Gasteiger partial charge in [0.25, 0.3) is 0 Å². The van der Waals surface area contributed by atoms with Gasteiger partial charge < -0.3 is 5.32 Å². The van der Waals surface area contributed by atoms with Crippen LogP contribution < -0.4 is 5.32 Å². The Hall–Kier alpha value is -1.07. The predicted molar refractivity (Wildman–Crippen MR) is 73.0 cm³/mol.